The van der Waals surface area contributed by atoms with Crippen molar-refractivity contribution < 1.29 is 9.53 Å². The van der Waals surface area contributed by atoms with E-state index in [-0.39, 0.29) is 12.6 Å². The molecule has 2 aromatic rings. The summed E-state index contributed by atoms with van der Waals surface area (Å²) in [4.78, 5) is 12.3. The van der Waals surface area contributed by atoms with Gasteiger partial charge in [0.1, 0.15) is 5.75 Å². The second-order valence-corrected chi connectivity index (χ2v) is 7.62. The highest BCUT2D eigenvalue weighted by Crippen LogP contribution is 2.49. The Morgan fingerprint density at radius 1 is 1.36 bits per heavy atom. The molecule has 3 unspecified atom stereocenters. The molecule has 2 saturated carbocycles. The Balaban J connectivity index is 1.27. The average molecular weight is 360 g/mol. The zero-order valence-corrected chi connectivity index (χ0v) is 14.8. The van der Waals surface area contributed by atoms with Crippen LogP contribution in [-0.2, 0) is 11.5 Å². The lowest BCUT2D eigenvalue weighted by Crippen LogP contribution is -2.20. The number of benzene rings is 1. The van der Waals surface area contributed by atoms with Gasteiger partial charge in [-0.25, -0.2) is 4.68 Å². The van der Waals surface area contributed by atoms with Crippen molar-refractivity contribution in [3.05, 3.63) is 41.7 Å². The molecule has 6 heteroatoms. The highest BCUT2D eigenvalue weighted by Gasteiger charge is 2.40. The van der Waals surface area contributed by atoms with Crippen molar-refractivity contribution in [2.75, 3.05) is 5.32 Å². The minimum Gasteiger partial charge on any atom is -0.471 e. The molecule has 2 aliphatic carbocycles. The van der Waals surface area contributed by atoms with Crippen molar-refractivity contribution in [2.24, 2.45) is 17.8 Å². The molecule has 132 valence electrons. The number of nitrogens with one attached hydrogen (secondary N) is 1. The van der Waals surface area contributed by atoms with Crippen LogP contribution in [0.4, 0.5) is 5.69 Å². The summed E-state index contributed by atoms with van der Waals surface area (Å²) >= 11 is 5.93. The van der Waals surface area contributed by atoms with Gasteiger partial charge in [0.15, 0.2) is 6.73 Å². The van der Waals surface area contributed by atoms with E-state index in [4.69, 9.17) is 16.3 Å². The van der Waals surface area contributed by atoms with Crippen LogP contribution in [-0.4, -0.2) is 15.7 Å². The predicted octanol–water partition coefficient (Wildman–Crippen LogP) is 4.34. The van der Waals surface area contributed by atoms with E-state index in [9.17, 15) is 4.79 Å². The van der Waals surface area contributed by atoms with Gasteiger partial charge in [0.05, 0.1) is 18.1 Å². The van der Waals surface area contributed by atoms with Gasteiger partial charge in [0.2, 0.25) is 5.91 Å². The molecule has 0 aliphatic heterocycles. The third kappa shape index (κ3) is 3.98. The molecular weight excluding hydrogens is 338 g/mol. The van der Waals surface area contributed by atoms with E-state index < -0.39 is 0 Å². The summed E-state index contributed by atoms with van der Waals surface area (Å²) in [5, 5.41) is 7.81. The van der Waals surface area contributed by atoms with Crippen LogP contribution >= 0.6 is 11.6 Å². The van der Waals surface area contributed by atoms with E-state index in [1.807, 2.05) is 12.1 Å². The van der Waals surface area contributed by atoms with E-state index in [2.05, 4.69) is 10.4 Å². The molecule has 1 amide bonds. The van der Waals surface area contributed by atoms with Crippen LogP contribution in [0.15, 0.2) is 36.7 Å². The first-order valence-corrected chi connectivity index (χ1v) is 9.24. The number of amides is 1. The number of hydrogen-bond donors (Lipinski definition) is 1. The molecule has 1 N–H and O–H groups in total. The van der Waals surface area contributed by atoms with Gasteiger partial charge in [-0.2, -0.15) is 5.10 Å². The van der Waals surface area contributed by atoms with E-state index >= 15 is 0 Å². The Morgan fingerprint density at radius 2 is 2.28 bits per heavy atom. The molecule has 5 nitrogen and oxygen atoms in total. The summed E-state index contributed by atoms with van der Waals surface area (Å²) in [7, 11) is 0. The van der Waals surface area contributed by atoms with Crippen LogP contribution in [0.1, 0.15) is 32.1 Å². The maximum Gasteiger partial charge on any atom is 0.224 e. The molecule has 3 atom stereocenters. The predicted molar refractivity (Wildman–Crippen MR) is 96.5 cm³/mol. The lowest BCUT2D eigenvalue weighted by molar-refractivity contribution is -0.117. The van der Waals surface area contributed by atoms with Crippen LogP contribution in [0.2, 0.25) is 5.02 Å². The number of nitrogens with zero attached hydrogens (tertiary/aromatic N) is 2. The molecule has 1 aromatic heterocycles. The second-order valence-electron chi connectivity index (χ2n) is 7.19. The number of carbonyl (C=O) groups excluding carboxylic acids is 1. The van der Waals surface area contributed by atoms with Crippen LogP contribution in [0, 0.1) is 17.8 Å². The fraction of sp³-hybridized carbons (Fsp3) is 0.474. The summed E-state index contributed by atoms with van der Waals surface area (Å²) in [5.41, 5.74) is 0.711. The van der Waals surface area contributed by atoms with Crippen molar-refractivity contribution in [1.82, 2.24) is 9.78 Å². The first kappa shape index (κ1) is 16.5. The number of ether oxygens (including phenoxy) is 1. The molecule has 0 saturated heterocycles. The lowest BCUT2D eigenvalue weighted by Gasteiger charge is -2.20. The summed E-state index contributed by atoms with van der Waals surface area (Å²) in [5.74, 6) is 2.98. The molecule has 1 heterocycles. The molecule has 2 aliphatic rings. The Kier molecular flexibility index (Phi) is 4.66. The number of rotatable bonds is 6. The number of fused-ring (bicyclic) bond motifs is 2. The van der Waals surface area contributed by atoms with Gasteiger partial charge in [-0.1, -0.05) is 24.1 Å². The Labute approximate surface area is 152 Å². The van der Waals surface area contributed by atoms with Gasteiger partial charge in [0, 0.05) is 11.4 Å². The summed E-state index contributed by atoms with van der Waals surface area (Å²) < 4.78 is 7.28. The summed E-state index contributed by atoms with van der Waals surface area (Å²) in [6, 6.07) is 7.23. The van der Waals surface area contributed by atoms with E-state index in [0.717, 1.165) is 11.8 Å². The number of carbonyl (C=O) groups is 1. The lowest BCUT2D eigenvalue weighted by atomic mass is 9.86. The van der Waals surface area contributed by atoms with Gasteiger partial charge in [-0.05, 0) is 55.2 Å². The van der Waals surface area contributed by atoms with Gasteiger partial charge in [-0.15, -0.1) is 0 Å². The average Bonchev–Trinajstić information content (AvgIpc) is 3.30. The Morgan fingerprint density at radius 3 is 3.04 bits per heavy atom. The number of hydrogen-bond acceptors (Lipinski definition) is 3. The summed E-state index contributed by atoms with van der Waals surface area (Å²) in [6.07, 6.45) is 9.29. The molecule has 0 radical (unpaired) electrons. The molecule has 2 bridgehead atoms. The van der Waals surface area contributed by atoms with E-state index in [0.29, 0.717) is 28.8 Å². The second kappa shape index (κ2) is 7.08. The largest absolute Gasteiger partial charge is 0.471 e. The normalized spacial score (nSPS) is 24.4. The highest BCUT2D eigenvalue weighted by molar-refractivity contribution is 6.30. The Hall–Kier alpha value is -2.01. The molecule has 0 spiro atoms. The first-order chi connectivity index (χ1) is 12.2. The molecule has 2 fully saturated rings. The van der Waals surface area contributed by atoms with Gasteiger partial charge in [-0.3, -0.25) is 4.79 Å². The fourth-order valence-electron chi connectivity index (χ4n) is 4.27. The number of aromatic nitrogens is 2. The minimum atomic E-state index is 0.0906. The van der Waals surface area contributed by atoms with E-state index in [1.165, 1.54) is 25.7 Å². The molecular formula is C19H22ClN3O2. The van der Waals surface area contributed by atoms with Crippen molar-refractivity contribution in [3.8, 4) is 5.75 Å². The number of halogens is 1. The quantitative estimate of drug-likeness (QED) is 0.834. The number of anilines is 1. The van der Waals surface area contributed by atoms with Crippen molar-refractivity contribution in [1.29, 1.82) is 0 Å². The zero-order chi connectivity index (χ0) is 17.2. The monoisotopic (exact) mass is 359 g/mol. The highest BCUT2D eigenvalue weighted by atomic mass is 35.5. The van der Waals surface area contributed by atoms with Crippen LogP contribution in [0.25, 0.3) is 0 Å². The van der Waals surface area contributed by atoms with Gasteiger partial charge >= 0.3 is 0 Å². The Bertz CT molecular complexity index is 761. The smallest absolute Gasteiger partial charge is 0.224 e. The molecule has 1 aromatic carbocycles. The van der Waals surface area contributed by atoms with Crippen molar-refractivity contribution >= 4 is 23.2 Å². The molecule has 4 rings (SSSR count). The third-order valence-corrected chi connectivity index (χ3v) is 5.64. The topological polar surface area (TPSA) is 56.2 Å². The van der Waals surface area contributed by atoms with Crippen LogP contribution < -0.4 is 10.1 Å². The van der Waals surface area contributed by atoms with Crippen molar-refractivity contribution in [3.63, 3.8) is 0 Å². The SMILES string of the molecule is O=C(CC1CC2CCC1C2)Nc1cnn(COc2cccc(Cl)c2)c1. The molecule has 25 heavy (non-hydrogen) atoms. The maximum atomic E-state index is 12.3. The fourth-order valence-corrected chi connectivity index (χ4v) is 4.45. The first-order valence-electron chi connectivity index (χ1n) is 8.86. The minimum absolute atomic E-state index is 0.0906. The van der Waals surface area contributed by atoms with Gasteiger partial charge < -0.3 is 10.1 Å². The van der Waals surface area contributed by atoms with Crippen LogP contribution in [0.5, 0.6) is 5.75 Å². The maximum absolute atomic E-state index is 12.3. The zero-order valence-electron chi connectivity index (χ0n) is 14.0. The van der Waals surface area contributed by atoms with Crippen LogP contribution in [0.3, 0.4) is 0 Å². The standard InChI is InChI=1S/C19H22ClN3O2/c20-16-2-1-3-18(9-16)25-12-23-11-17(10-21-23)22-19(24)8-15-7-13-4-5-14(15)6-13/h1-3,9-11,13-15H,4-8,12H2,(H,22,24). The van der Waals surface area contributed by atoms with Gasteiger partial charge in [0.25, 0.3) is 0 Å². The van der Waals surface area contributed by atoms with E-state index in [1.54, 1.807) is 29.2 Å². The summed E-state index contributed by atoms with van der Waals surface area (Å²) in [6.45, 7) is 0.266. The van der Waals surface area contributed by atoms with Crippen molar-refractivity contribution in [2.45, 2.75) is 38.8 Å². The third-order valence-electron chi connectivity index (χ3n) is 5.41.